The number of hydrogen-bond donors (Lipinski definition) is 1. The highest BCUT2D eigenvalue weighted by atomic mass is 19.1. The van der Waals surface area contributed by atoms with Crippen LogP contribution >= 0.6 is 0 Å². The highest BCUT2D eigenvalue weighted by Crippen LogP contribution is 2.30. The van der Waals surface area contributed by atoms with Gasteiger partial charge < -0.3 is 6.15 Å². The summed E-state index contributed by atoms with van der Waals surface area (Å²) >= 11 is 0. The van der Waals surface area contributed by atoms with Crippen LogP contribution in [0.25, 0.3) is 0 Å². The topological polar surface area (TPSA) is 35.0 Å². The van der Waals surface area contributed by atoms with Crippen LogP contribution in [0.5, 0.6) is 0 Å². The maximum Gasteiger partial charge on any atom is 0.127 e. The van der Waals surface area contributed by atoms with Gasteiger partial charge in [-0.2, -0.15) is 0 Å². The average Bonchev–Trinajstić information content (AvgIpc) is 2.34. The van der Waals surface area contributed by atoms with Crippen LogP contribution < -0.4 is 6.15 Å². The molecule has 0 radical (unpaired) electrons. The first-order valence-electron chi connectivity index (χ1n) is 5.73. The Morgan fingerprint density at radius 3 is 1.56 bits per heavy atom. The van der Waals surface area contributed by atoms with Gasteiger partial charge in [-0.1, -0.05) is 43.3 Å². The number of hydrogen-bond acceptors (Lipinski definition) is 1. The summed E-state index contributed by atoms with van der Waals surface area (Å²) in [7, 11) is 0. The molecular weight excluding hydrogens is 232 g/mol. The molecule has 96 valence electrons. The molecule has 0 saturated carbocycles. The molecule has 3 heteroatoms. The maximum atomic E-state index is 13.7. The molecule has 0 aliphatic heterocycles. The number of benzene rings is 2. The highest BCUT2D eigenvalue weighted by molar-refractivity contribution is 5.34. The molecule has 2 rings (SSSR count). The van der Waals surface area contributed by atoms with Gasteiger partial charge in [0.1, 0.15) is 11.6 Å². The minimum absolute atomic E-state index is 0. The van der Waals surface area contributed by atoms with Crippen molar-refractivity contribution in [1.29, 1.82) is 0 Å². The van der Waals surface area contributed by atoms with Gasteiger partial charge in [0.25, 0.3) is 0 Å². The first-order valence-corrected chi connectivity index (χ1v) is 5.73. The molecule has 0 aliphatic rings. The maximum absolute atomic E-state index is 13.7. The third-order valence-electron chi connectivity index (χ3n) is 2.97. The molecule has 0 heterocycles. The SMILES string of the molecule is CCC(c1ccccc1F)c1ccccc1F.N. The molecule has 3 N–H and O–H groups in total. The van der Waals surface area contributed by atoms with Crippen molar-refractivity contribution < 1.29 is 8.78 Å². The predicted molar refractivity (Wildman–Crippen MR) is 70.0 cm³/mol. The summed E-state index contributed by atoms with van der Waals surface area (Å²) in [5.74, 6) is -0.775. The van der Waals surface area contributed by atoms with Crippen LogP contribution in [0.3, 0.4) is 0 Å². The zero-order valence-electron chi connectivity index (χ0n) is 10.4. The zero-order chi connectivity index (χ0) is 12.3. The molecule has 0 unspecified atom stereocenters. The van der Waals surface area contributed by atoms with Crippen LogP contribution in [0.1, 0.15) is 30.4 Å². The van der Waals surface area contributed by atoms with E-state index in [2.05, 4.69) is 0 Å². The van der Waals surface area contributed by atoms with Crippen molar-refractivity contribution in [2.45, 2.75) is 19.3 Å². The van der Waals surface area contributed by atoms with E-state index in [0.29, 0.717) is 17.5 Å². The molecule has 0 atom stereocenters. The molecule has 0 aliphatic carbocycles. The Morgan fingerprint density at radius 1 is 0.833 bits per heavy atom. The lowest BCUT2D eigenvalue weighted by atomic mass is 9.88. The Morgan fingerprint density at radius 2 is 1.22 bits per heavy atom. The first-order chi connectivity index (χ1) is 8.24. The second-order valence-electron chi connectivity index (χ2n) is 4.00. The standard InChI is InChI=1S/C15H14F2.H3N/c1-2-11(12-7-3-5-9-14(12)16)13-8-4-6-10-15(13)17;/h3-11H,2H2,1H3;1H3. The molecule has 0 fully saturated rings. The second kappa shape index (κ2) is 6.26. The number of rotatable bonds is 3. The van der Waals surface area contributed by atoms with E-state index < -0.39 is 0 Å². The van der Waals surface area contributed by atoms with Gasteiger partial charge in [0, 0.05) is 5.92 Å². The summed E-state index contributed by atoms with van der Waals surface area (Å²) in [5.41, 5.74) is 1.11. The lowest BCUT2D eigenvalue weighted by molar-refractivity contribution is 0.566. The molecule has 2 aromatic rings. The first kappa shape index (κ1) is 14.3. The molecular formula is C15H17F2N. The van der Waals surface area contributed by atoms with Crippen LogP contribution in [0.4, 0.5) is 8.78 Å². The van der Waals surface area contributed by atoms with Gasteiger partial charge in [0.15, 0.2) is 0 Å². The van der Waals surface area contributed by atoms with E-state index in [9.17, 15) is 8.78 Å². The molecule has 1 nitrogen and oxygen atoms in total. The van der Waals surface area contributed by atoms with E-state index >= 15 is 0 Å². The average molecular weight is 249 g/mol. The minimum Gasteiger partial charge on any atom is -0.344 e. The summed E-state index contributed by atoms with van der Waals surface area (Å²) in [6.45, 7) is 1.93. The molecule has 0 spiro atoms. The van der Waals surface area contributed by atoms with E-state index in [4.69, 9.17) is 0 Å². The Balaban J connectivity index is 0.00000162. The van der Waals surface area contributed by atoms with Gasteiger partial charge in [-0.15, -0.1) is 0 Å². The largest absolute Gasteiger partial charge is 0.344 e. The molecule has 0 saturated heterocycles. The van der Waals surface area contributed by atoms with E-state index in [1.165, 1.54) is 12.1 Å². The Hall–Kier alpha value is -1.74. The van der Waals surface area contributed by atoms with Crippen molar-refractivity contribution in [1.82, 2.24) is 6.15 Å². The monoisotopic (exact) mass is 249 g/mol. The summed E-state index contributed by atoms with van der Waals surface area (Å²) in [4.78, 5) is 0. The van der Waals surface area contributed by atoms with Crippen LogP contribution in [-0.4, -0.2) is 0 Å². The lowest BCUT2D eigenvalue weighted by Crippen LogP contribution is -2.04. The fourth-order valence-electron chi connectivity index (χ4n) is 2.12. The second-order valence-corrected chi connectivity index (χ2v) is 4.00. The number of halogens is 2. The van der Waals surface area contributed by atoms with Crippen LogP contribution in [0, 0.1) is 11.6 Å². The van der Waals surface area contributed by atoms with Crippen LogP contribution in [-0.2, 0) is 0 Å². The highest BCUT2D eigenvalue weighted by Gasteiger charge is 2.18. The van der Waals surface area contributed by atoms with Crippen molar-refractivity contribution in [3.8, 4) is 0 Å². The normalized spacial score (nSPS) is 10.2. The summed E-state index contributed by atoms with van der Waals surface area (Å²) in [5, 5.41) is 0. The van der Waals surface area contributed by atoms with Crippen LogP contribution in [0.15, 0.2) is 48.5 Å². The Bertz CT molecular complexity index is 466. The summed E-state index contributed by atoms with van der Waals surface area (Å²) in [6, 6.07) is 13.1. The fourth-order valence-corrected chi connectivity index (χ4v) is 2.12. The van der Waals surface area contributed by atoms with Crippen molar-refractivity contribution in [3.05, 3.63) is 71.3 Å². The smallest absolute Gasteiger partial charge is 0.127 e. The summed E-state index contributed by atoms with van der Waals surface area (Å²) in [6.07, 6.45) is 0.669. The van der Waals surface area contributed by atoms with Gasteiger partial charge >= 0.3 is 0 Å². The van der Waals surface area contributed by atoms with Gasteiger partial charge in [-0.3, -0.25) is 0 Å². The van der Waals surface area contributed by atoms with Crippen molar-refractivity contribution in [2.75, 3.05) is 0 Å². The lowest BCUT2D eigenvalue weighted by Gasteiger charge is -2.17. The van der Waals surface area contributed by atoms with Gasteiger partial charge in [0.2, 0.25) is 0 Å². The Kier molecular flexibility index (Phi) is 4.98. The Labute approximate surface area is 106 Å². The predicted octanol–water partition coefficient (Wildman–Crippen LogP) is 4.67. The van der Waals surface area contributed by atoms with Crippen molar-refractivity contribution in [3.63, 3.8) is 0 Å². The molecule has 0 aromatic heterocycles. The molecule has 18 heavy (non-hydrogen) atoms. The molecule has 0 amide bonds. The molecule has 0 bridgehead atoms. The zero-order valence-corrected chi connectivity index (χ0v) is 10.4. The van der Waals surface area contributed by atoms with Gasteiger partial charge in [0.05, 0.1) is 0 Å². The van der Waals surface area contributed by atoms with Gasteiger partial charge in [-0.05, 0) is 29.7 Å². The van der Waals surface area contributed by atoms with Crippen LogP contribution in [0.2, 0.25) is 0 Å². The fraction of sp³-hybridized carbons (Fsp3) is 0.200. The summed E-state index contributed by atoms with van der Waals surface area (Å²) < 4.78 is 27.4. The quantitative estimate of drug-likeness (QED) is 0.842. The van der Waals surface area contributed by atoms with Crippen molar-refractivity contribution >= 4 is 0 Å². The third-order valence-corrected chi connectivity index (χ3v) is 2.97. The van der Waals surface area contributed by atoms with E-state index in [-0.39, 0.29) is 23.7 Å². The van der Waals surface area contributed by atoms with Crippen molar-refractivity contribution in [2.24, 2.45) is 0 Å². The third kappa shape index (κ3) is 2.74. The van der Waals surface area contributed by atoms with Gasteiger partial charge in [-0.25, -0.2) is 8.78 Å². The van der Waals surface area contributed by atoms with E-state index in [1.54, 1.807) is 36.4 Å². The minimum atomic E-state index is -0.275. The van der Waals surface area contributed by atoms with E-state index in [0.717, 1.165) is 0 Å². The van der Waals surface area contributed by atoms with E-state index in [1.807, 2.05) is 6.92 Å². The molecule has 2 aromatic carbocycles.